The average Bonchev–Trinajstić information content (AvgIpc) is 2.41. The highest BCUT2D eigenvalue weighted by Gasteiger charge is 2.20. The summed E-state index contributed by atoms with van der Waals surface area (Å²) in [5.41, 5.74) is 7.20. The van der Waals surface area contributed by atoms with Gasteiger partial charge in [-0.3, -0.25) is 4.79 Å². The van der Waals surface area contributed by atoms with Crippen LogP contribution in [0.25, 0.3) is 0 Å². The number of nitrogens with zero attached hydrogens (tertiary/aromatic N) is 1. The molecule has 0 saturated heterocycles. The first kappa shape index (κ1) is 11.2. The molecule has 0 fully saturated rings. The number of amides is 1. The summed E-state index contributed by atoms with van der Waals surface area (Å²) >= 11 is 6.07. The zero-order valence-corrected chi connectivity index (χ0v) is 9.63. The molecule has 1 aliphatic heterocycles. The maximum atomic E-state index is 11.5. The van der Waals surface area contributed by atoms with Crippen molar-refractivity contribution in [3.8, 4) is 0 Å². The maximum absolute atomic E-state index is 11.5. The van der Waals surface area contributed by atoms with Gasteiger partial charge in [-0.2, -0.15) is 0 Å². The Morgan fingerprint density at radius 2 is 2.31 bits per heavy atom. The van der Waals surface area contributed by atoms with E-state index in [1.54, 1.807) is 6.07 Å². The summed E-state index contributed by atoms with van der Waals surface area (Å²) in [6.45, 7) is 1.96. The van der Waals surface area contributed by atoms with Crippen LogP contribution in [0.3, 0.4) is 0 Å². The van der Waals surface area contributed by atoms with Crippen LogP contribution in [0.5, 0.6) is 0 Å². The van der Waals surface area contributed by atoms with Crippen LogP contribution in [0.1, 0.15) is 6.42 Å². The van der Waals surface area contributed by atoms with Crippen LogP contribution in [0.15, 0.2) is 18.2 Å². The lowest BCUT2D eigenvalue weighted by molar-refractivity contribution is -0.115. The summed E-state index contributed by atoms with van der Waals surface area (Å²) in [6.07, 6.45) is 0.463. The standard InChI is InChI=1S/C11H14ClN3O/c12-8-2-1-3-9-11(8)14-10(16)4-6-15(9)7-5-13/h1-3H,4-7,13H2,(H,14,16). The van der Waals surface area contributed by atoms with E-state index < -0.39 is 0 Å². The lowest BCUT2D eigenvalue weighted by Crippen LogP contribution is -2.30. The molecule has 1 aliphatic rings. The second kappa shape index (κ2) is 4.72. The zero-order valence-electron chi connectivity index (χ0n) is 8.87. The van der Waals surface area contributed by atoms with Gasteiger partial charge in [-0.25, -0.2) is 0 Å². The van der Waals surface area contributed by atoms with Crippen LogP contribution in [-0.2, 0) is 4.79 Å². The monoisotopic (exact) mass is 239 g/mol. The molecule has 1 aromatic carbocycles. The first-order valence-corrected chi connectivity index (χ1v) is 5.63. The minimum Gasteiger partial charge on any atom is -0.368 e. The first-order chi connectivity index (χ1) is 7.72. The zero-order chi connectivity index (χ0) is 11.5. The molecule has 0 aliphatic carbocycles. The van der Waals surface area contributed by atoms with Gasteiger partial charge in [-0.05, 0) is 12.1 Å². The molecule has 1 aromatic rings. The molecular formula is C11H14ClN3O. The molecule has 0 unspecified atom stereocenters. The Hall–Kier alpha value is -1.26. The fourth-order valence-corrected chi connectivity index (χ4v) is 2.06. The number of benzene rings is 1. The number of hydrogen-bond donors (Lipinski definition) is 2. The molecule has 0 bridgehead atoms. The van der Waals surface area contributed by atoms with Gasteiger partial charge >= 0.3 is 0 Å². The fourth-order valence-electron chi connectivity index (χ4n) is 1.85. The van der Waals surface area contributed by atoms with Gasteiger partial charge in [0.1, 0.15) is 0 Å². The van der Waals surface area contributed by atoms with Gasteiger partial charge in [-0.15, -0.1) is 0 Å². The maximum Gasteiger partial charge on any atom is 0.226 e. The summed E-state index contributed by atoms with van der Waals surface area (Å²) in [4.78, 5) is 13.6. The van der Waals surface area contributed by atoms with Gasteiger partial charge < -0.3 is 16.0 Å². The lowest BCUT2D eigenvalue weighted by Gasteiger charge is -2.23. The summed E-state index contributed by atoms with van der Waals surface area (Å²) in [5, 5.41) is 3.39. The van der Waals surface area contributed by atoms with Crippen molar-refractivity contribution in [2.24, 2.45) is 5.73 Å². The third-order valence-corrected chi connectivity index (χ3v) is 2.92. The normalized spacial score (nSPS) is 15.4. The van der Waals surface area contributed by atoms with Crippen molar-refractivity contribution >= 4 is 28.9 Å². The third kappa shape index (κ3) is 2.13. The molecule has 0 atom stereocenters. The van der Waals surface area contributed by atoms with Crippen molar-refractivity contribution in [2.75, 3.05) is 29.9 Å². The Morgan fingerprint density at radius 3 is 3.06 bits per heavy atom. The highest BCUT2D eigenvalue weighted by atomic mass is 35.5. The Labute approximate surface area is 99.4 Å². The van der Waals surface area contributed by atoms with E-state index in [2.05, 4.69) is 10.2 Å². The molecule has 2 rings (SSSR count). The number of hydrogen-bond acceptors (Lipinski definition) is 3. The Kier molecular flexibility index (Phi) is 3.31. The van der Waals surface area contributed by atoms with Gasteiger partial charge in [0.15, 0.2) is 0 Å². The number of rotatable bonds is 2. The van der Waals surface area contributed by atoms with E-state index in [-0.39, 0.29) is 5.91 Å². The van der Waals surface area contributed by atoms with Crippen LogP contribution in [0, 0.1) is 0 Å². The van der Waals surface area contributed by atoms with E-state index in [0.717, 1.165) is 12.2 Å². The van der Waals surface area contributed by atoms with Crippen molar-refractivity contribution in [3.05, 3.63) is 23.2 Å². The predicted molar refractivity (Wildman–Crippen MR) is 66.0 cm³/mol. The van der Waals surface area contributed by atoms with Crippen molar-refractivity contribution in [3.63, 3.8) is 0 Å². The SMILES string of the molecule is NCCN1CCC(=O)Nc2c(Cl)cccc21. The van der Waals surface area contributed by atoms with Crippen LogP contribution in [0.4, 0.5) is 11.4 Å². The van der Waals surface area contributed by atoms with Gasteiger partial charge in [0.05, 0.1) is 16.4 Å². The number of halogens is 1. The molecule has 0 saturated carbocycles. The summed E-state index contributed by atoms with van der Waals surface area (Å²) in [5.74, 6) is -0.00567. The summed E-state index contributed by atoms with van der Waals surface area (Å²) in [7, 11) is 0. The minimum atomic E-state index is -0.00567. The van der Waals surface area contributed by atoms with E-state index in [9.17, 15) is 4.79 Å². The van der Waals surface area contributed by atoms with Gasteiger partial charge in [0.2, 0.25) is 5.91 Å². The summed E-state index contributed by atoms with van der Waals surface area (Å²) < 4.78 is 0. The van der Waals surface area contributed by atoms with Crippen LogP contribution >= 0.6 is 11.6 Å². The largest absolute Gasteiger partial charge is 0.368 e. The number of carbonyl (C=O) groups is 1. The van der Waals surface area contributed by atoms with E-state index in [0.29, 0.717) is 30.2 Å². The van der Waals surface area contributed by atoms with E-state index >= 15 is 0 Å². The average molecular weight is 240 g/mol. The quantitative estimate of drug-likeness (QED) is 0.821. The number of carbonyl (C=O) groups excluding carboxylic acids is 1. The fraction of sp³-hybridized carbons (Fsp3) is 0.364. The van der Waals surface area contributed by atoms with Crippen LogP contribution < -0.4 is 16.0 Å². The van der Waals surface area contributed by atoms with Crippen molar-refractivity contribution in [1.82, 2.24) is 0 Å². The lowest BCUT2D eigenvalue weighted by atomic mass is 10.2. The minimum absolute atomic E-state index is 0.00567. The molecule has 1 heterocycles. The van der Waals surface area contributed by atoms with Crippen molar-refractivity contribution in [2.45, 2.75) is 6.42 Å². The highest BCUT2D eigenvalue weighted by Crippen LogP contribution is 2.34. The third-order valence-electron chi connectivity index (χ3n) is 2.60. The highest BCUT2D eigenvalue weighted by molar-refractivity contribution is 6.34. The van der Waals surface area contributed by atoms with Gasteiger partial charge in [-0.1, -0.05) is 17.7 Å². The smallest absolute Gasteiger partial charge is 0.226 e. The number of nitrogens with one attached hydrogen (secondary N) is 1. The second-order valence-corrected chi connectivity index (χ2v) is 4.12. The van der Waals surface area contributed by atoms with Crippen molar-refractivity contribution < 1.29 is 4.79 Å². The first-order valence-electron chi connectivity index (χ1n) is 5.25. The molecule has 0 aromatic heterocycles. The van der Waals surface area contributed by atoms with Gasteiger partial charge in [0.25, 0.3) is 0 Å². The molecule has 1 amide bonds. The summed E-state index contributed by atoms with van der Waals surface area (Å²) in [6, 6.07) is 5.59. The van der Waals surface area contributed by atoms with E-state index in [1.807, 2.05) is 12.1 Å². The molecule has 4 nitrogen and oxygen atoms in total. The van der Waals surface area contributed by atoms with E-state index in [1.165, 1.54) is 0 Å². The van der Waals surface area contributed by atoms with Crippen LogP contribution in [-0.4, -0.2) is 25.5 Å². The molecule has 3 N–H and O–H groups in total. The number of para-hydroxylation sites is 1. The Morgan fingerprint density at radius 1 is 1.50 bits per heavy atom. The molecule has 5 heteroatoms. The second-order valence-electron chi connectivity index (χ2n) is 3.71. The molecule has 16 heavy (non-hydrogen) atoms. The predicted octanol–water partition coefficient (Wildman–Crippen LogP) is 1.45. The van der Waals surface area contributed by atoms with Gasteiger partial charge in [0, 0.05) is 26.1 Å². The Bertz CT molecular complexity index is 408. The molecule has 0 spiro atoms. The number of nitrogens with two attached hydrogens (primary N) is 1. The molecule has 86 valence electrons. The Balaban J connectivity index is 2.42. The van der Waals surface area contributed by atoms with Crippen molar-refractivity contribution in [1.29, 1.82) is 0 Å². The molecular weight excluding hydrogens is 226 g/mol. The number of fused-ring (bicyclic) bond motifs is 1. The number of anilines is 2. The molecule has 0 radical (unpaired) electrons. The van der Waals surface area contributed by atoms with Crippen LogP contribution in [0.2, 0.25) is 5.02 Å². The van der Waals surface area contributed by atoms with E-state index in [4.69, 9.17) is 17.3 Å². The topological polar surface area (TPSA) is 58.4 Å².